The number of halogens is 1. The number of carbonyl (C=O) groups is 1. The second-order valence-corrected chi connectivity index (χ2v) is 6.25. The van der Waals surface area contributed by atoms with Gasteiger partial charge in [-0.3, -0.25) is 4.79 Å². The maximum Gasteiger partial charge on any atom is 0.271 e. The number of hydrogen-bond donors (Lipinski definition) is 0. The normalized spacial score (nSPS) is 12.2. The second-order valence-electron chi connectivity index (χ2n) is 5.33. The predicted octanol–water partition coefficient (Wildman–Crippen LogP) is 4.23. The van der Waals surface area contributed by atoms with Crippen LogP contribution in [-0.4, -0.2) is 21.4 Å². The van der Waals surface area contributed by atoms with Gasteiger partial charge in [0.1, 0.15) is 5.69 Å². The first-order chi connectivity index (χ1) is 10.0. The Kier molecular flexibility index (Phi) is 5.23. The minimum atomic E-state index is 0.0707. The van der Waals surface area contributed by atoms with Gasteiger partial charge in [0.05, 0.1) is 0 Å². The van der Waals surface area contributed by atoms with Crippen LogP contribution in [0.4, 0.5) is 0 Å². The molecule has 21 heavy (non-hydrogen) atoms. The summed E-state index contributed by atoms with van der Waals surface area (Å²) in [5.41, 5.74) is 1.86. The van der Waals surface area contributed by atoms with E-state index in [-0.39, 0.29) is 11.9 Å². The Morgan fingerprint density at radius 1 is 1.33 bits per heavy atom. The van der Waals surface area contributed by atoms with E-state index in [1.54, 1.807) is 0 Å². The summed E-state index contributed by atoms with van der Waals surface area (Å²) < 4.78 is 2.80. The summed E-state index contributed by atoms with van der Waals surface area (Å²) in [5, 5.41) is 0. The van der Waals surface area contributed by atoms with Gasteiger partial charge in [-0.2, -0.15) is 0 Å². The molecule has 0 aliphatic heterocycles. The minimum Gasteiger partial charge on any atom is -0.345 e. The number of hydrogen-bond acceptors (Lipinski definition) is 1. The van der Waals surface area contributed by atoms with Crippen LogP contribution in [0.2, 0.25) is 0 Å². The van der Waals surface area contributed by atoms with Crippen LogP contribution in [0.25, 0.3) is 0 Å². The van der Waals surface area contributed by atoms with Crippen molar-refractivity contribution in [3.8, 4) is 0 Å². The molecule has 2 rings (SSSR count). The fourth-order valence-electron chi connectivity index (χ4n) is 2.31. The molecule has 1 unspecified atom stereocenters. The number of aryl methyl sites for hydroxylation is 1. The number of nitrogens with zero attached hydrogens (tertiary/aromatic N) is 2. The van der Waals surface area contributed by atoms with E-state index >= 15 is 0 Å². The molecule has 4 heteroatoms. The van der Waals surface area contributed by atoms with Crippen LogP contribution in [-0.2, 0) is 13.6 Å². The molecule has 0 bridgehead atoms. The zero-order valence-electron chi connectivity index (χ0n) is 12.7. The second kappa shape index (κ2) is 6.94. The molecule has 0 spiro atoms. The van der Waals surface area contributed by atoms with Crippen molar-refractivity contribution in [2.75, 3.05) is 0 Å². The van der Waals surface area contributed by atoms with Crippen molar-refractivity contribution in [1.29, 1.82) is 0 Å². The van der Waals surface area contributed by atoms with E-state index in [1.165, 1.54) is 0 Å². The maximum absolute atomic E-state index is 12.9. The molecular weight excluding hydrogens is 328 g/mol. The minimum absolute atomic E-state index is 0.0707. The van der Waals surface area contributed by atoms with Gasteiger partial charge in [-0.15, -0.1) is 0 Å². The Morgan fingerprint density at radius 2 is 2.00 bits per heavy atom. The maximum atomic E-state index is 12.9. The summed E-state index contributed by atoms with van der Waals surface area (Å²) in [6.45, 7) is 4.84. The van der Waals surface area contributed by atoms with Crippen molar-refractivity contribution in [2.24, 2.45) is 7.05 Å². The lowest BCUT2D eigenvalue weighted by atomic mass is 10.1. The molecule has 2 aromatic rings. The smallest absolute Gasteiger partial charge is 0.271 e. The highest BCUT2D eigenvalue weighted by Gasteiger charge is 2.23. The third-order valence-electron chi connectivity index (χ3n) is 3.77. The zero-order valence-corrected chi connectivity index (χ0v) is 14.3. The van der Waals surface area contributed by atoms with Crippen molar-refractivity contribution in [2.45, 2.75) is 32.9 Å². The fourth-order valence-corrected chi connectivity index (χ4v) is 2.84. The summed E-state index contributed by atoms with van der Waals surface area (Å²) in [6.07, 6.45) is 2.84. The Hall–Kier alpha value is -1.55. The summed E-state index contributed by atoms with van der Waals surface area (Å²) in [7, 11) is 1.90. The first-order valence-electron chi connectivity index (χ1n) is 7.19. The van der Waals surface area contributed by atoms with Gasteiger partial charge in [0.2, 0.25) is 0 Å². The third kappa shape index (κ3) is 3.76. The molecule has 1 atom stereocenters. The molecule has 0 aliphatic rings. The standard InChI is InChI=1S/C17H21BrN2O/c1-4-13(2)20(11-14-8-6-5-7-9-14)17(21)16-10-15(18)12-19(16)3/h5-10,12-13H,4,11H2,1-3H3. The molecule has 0 saturated carbocycles. The Balaban J connectivity index is 2.28. The monoisotopic (exact) mass is 348 g/mol. The molecule has 1 aromatic carbocycles. The molecule has 1 aromatic heterocycles. The Morgan fingerprint density at radius 3 is 2.52 bits per heavy atom. The quantitative estimate of drug-likeness (QED) is 0.793. The lowest BCUT2D eigenvalue weighted by molar-refractivity contribution is 0.0661. The van der Waals surface area contributed by atoms with Crippen LogP contribution in [0.1, 0.15) is 36.3 Å². The van der Waals surface area contributed by atoms with Crippen LogP contribution in [0.5, 0.6) is 0 Å². The molecule has 3 nitrogen and oxygen atoms in total. The molecule has 0 aliphatic carbocycles. The SMILES string of the molecule is CCC(C)N(Cc1ccccc1)C(=O)c1cc(Br)cn1C. The van der Waals surface area contributed by atoms with Crippen LogP contribution < -0.4 is 0 Å². The summed E-state index contributed by atoms with van der Waals surface area (Å²) in [6, 6.07) is 12.2. The lowest BCUT2D eigenvalue weighted by Crippen LogP contribution is -2.38. The van der Waals surface area contributed by atoms with Crippen LogP contribution in [0.15, 0.2) is 47.1 Å². The Labute approximate surface area is 134 Å². The van der Waals surface area contributed by atoms with Gasteiger partial charge in [-0.25, -0.2) is 0 Å². The van der Waals surface area contributed by atoms with Crippen molar-refractivity contribution in [1.82, 2.24) is 9.47 Å². The average Bonchev–Trinajstić information content (AvgIpc) is 2.83. The number of amides is 1. The molecule has 0 N–H and O–H groups in total. The predicted molar refractivity (Wildman–Crippen MR) is 89.2 cm³/mol. The fraction of sp³-hybridized carbons (Fsp3) is 0.353. The van der Waals surface area contributed by atoms with Crippen LogP contribution in [0, 0.1) is 0 Å². The van der Waals surface area contributed by atoms with Gasteiger partial charge in [-0.1, -0.05) is 37.3 Å². The number of rotatable bonds is 5. The molecule has 1 heterocycles. The molecule has 0 fully saturated rings. The number of benzene rings is 1. The summed E-state index contributed by atoms with van der Waals surface area (Å²) in [4.78, 5) is 14.8. The Bertz CT molecular complexity index is 607. The van der Waals surface area contributed by atoms with Gasteiger partial charge in [0.15, 0.2) is 0 Å². The van der Waals surface area contributed by atoms with E-state index in [9.17, 15) is 4.79 Å². The number of aromatic nitrogens is 1. The topological polar surface area (TPSA) is 25.2 Å². The molecular formula is C17H21BrN2O. The van der Waals surface area contributed by atoms with Crippen LogP contribution >= 0.6 is 15.9 Å². The first kappa shape index (κ1) is 15.8. The van der Waals surface area contributed by atoms with Gasteiger partial charge < -0.3 is 9.47 Å². The highest BCUT2D eigenvalue weighted by molar-refractivity contribution is 9.10. The van der Waals surface area contributed by atoms with Crippen molar-refractivity contribution in [3.05, 3.63) is 58.3 Å². The van der Waals surface area contributed by atoms with Gasteiger partial charge in [0.25, 0.3) is 5.91 Å². The highest BCUT2D eigenvalue weighted by Crippen LogP contribution is 2.19. The molecule has 0 radical (unpaired) electrons. The van der Waals surface area contributed by atoms with E-state index in [0.29, 0.717) is 12.2 Å². The van der Waals surface area contributed by atoms with Gasteiger partial charge >= 0.3 is 0 Å². The van der Waals surface area contributed by atoms with Gasteiger partial charge in [-0.05, 0) is 40.9 Å². The molecule has 0 saturated heterocycles. The number of carbonyl (C=O) groups excluding carboxylic acids is 1. The molecule has 1 amide bonds. The average molecular weight is 349 g/mol. The third-order valence-corrected chi connectivity index (χ3v) is 4.20. The van der Waals surface area contributed by atoms with E-state index in [2.05, 4.69) is 41.9 Å². The van der Waals surface area contributed by atoms with Crippen molar-refractivity contribution >= 4 is 21.8 Å². The molecule has 112 valence electrons. The van der Waals surface area contributed by atoms with E-state index < -0.39 is 0 Å². The highest BCUT2D eigenvalue weighted by atomic mass is 79.9. The van der Waals surface area contributed by atoms with Gasteiger partial charge in [0, 0.05) is 30.3 Å². The lowest BCUT2D eigenvalue weighted by Gasteiger charge is -2.29. The van der Waals surface area contributed by atoms with E-state index in [4.69, 9.17) is 0 Å². The van der Waals surface area contributed by atoms with Crippen LogP contribution in [0.3, 0.4) is 0 Å². The largest absolute Gasteiger partial charge is 0.345 e. The summed E-state index contributed by atoms with van der Waals surface area (Å²) in [5.74, 6) is 0.0707. The van der Waals surface area contributed by atoms with E-state index in [1.807, 2.05) is 47.0 Å². The first-order valence-corrected chi connectivity index (χ1v) is 7.99. The zero-order chi connectivity index (χ0) is 15.4. The van der Waals surface area contributed by atoms with E-state index in [0.717, 1.165) is 16.5 Å². The van der Waals surface area contributed by atoms with Crippen molar-refractivity contribution in [3.63, 3.8) is 0 Å². The summed E-state index contributed by atoms with van der Waals surface area (Å²) >= 11 is 3.43. The van der Waals surface area contributed by atoms with Crippen molar-refractivity contribution < 1.29 is 4.79 Å².